The van der Waals surface area contributed by atoms with Gasteiger partial charge in [0.05, 0.1) is 6.07 Å². The zero-order valence-electron chi connectivity index (χ0n) is 12.5. The lowest BCUT2D eigenvalue weighted by Crippen LogP contribution is -2.41. The number of hydrogen-bond donors (Lipinski definition) is 1. The number of nitriles is 1. The Morgan fingerprint density at radius 2 is 2.29 bits per heavy atom. The molecule has 0 saturated heterocycles. The molecule has 2 aromatic rings. The Bertz CT molecular complexity index is 618. The second kappa shape index (κ2) is 7.43. The fraction of sp³-hybridized carbons (Fsp3) is 0.533. The minimum atomic E-state index is -0.427. The largest absolute Gasteiger partial charge is 0.300 e. The van der Waals surface area contributed by atoms with Crippen LogP contribution in [0.25, 0.3) is 5.65 Å². The maximum absolute atomic E-state index is 9.29. The third kappa shape index (κ3) is 4.19. The predicted octanol–water partition coefficient (Wildman–Crippen LogP) is 2.88. The van der Waals surface area contributed by atoms with Gasteiger partial charge in [0.2, 0.25) is 0 Å². The number of hydrogen-bond acceptors (Lipinski definition) is 5. The first kappa shape index (κ1) is 15.8. The maximum Gasteiger partial charge on any atom is 0.195 e. The van der Waals surface area contributed by atoms with Crippen LogP contribution in [-0.4, -0.2) is 32.4 Å². The summed E-state index contributed by atoms with van der Waals surface area (Å²) in [5.74, 6) is 0.931. The molecule has 1 unspecified atom stereocenters. The Labute approximate surface area is 129 Å². The van der Waals surface area contributed by atoms with Crippen LogP contribution in [0.2, 0.25) is 0 Å². The molecule has 5 nitrogen and oxygen atoms in total. The molecular weight excluding hydrogens is 282 g/mol. The van der Waals surface area contributed by atoms with Crippen molar-refractivity contribution in [2.45, 2.75) is 43.8 Å². The summed E-state index contributed by atoms with van der Waals surface area (Å²) in [5.41, 5.74) is 0.440. The molecule has 0 amide bonds. The summed E-state index contributed by atoms with van der Waals surface area (Å²) >= 11 is 1.68. The van der Waals surface area contributed by atoms with Crippen molar-refractivity contribution < 1.29 is 0 Å². The predicted molar refractivity (Wildman–Crippen MR) is 85.3 cm³/mol. The highest BCUT2D eigenvalue weighted by atomic mass is 32.2. The van der Waals surface area contributed by atoms with Crippen molar-refractivity contribution in [1.29, 1.82) is 5.26 Å². The molecule has 0 spiro atoms. The van der Waals surface area contributed by atoms with Crippen molar-refractivity contribution >= 4 is 17.4 Å². The van der Waals surface area contributed by atoms with Crippen molar-refractivity contribution in [2.75, 3.05) is 12.3 Å². The van der Waals surface area contributed by atoms with Crippen LogP contribution in [0.4, 0.5) is 0 Å². The van der Waals surface area contributed by atoms with Crippen LogP contribution in [-0.2, 0) is 0 Å². The SMILES string of the molecule is CCCNC(C)(C#N)CCCSc1nnc2ccccn12. The van der Waals surface area contributed by atoms with E-state index in [1.165, 1.54) is 0 Å². The summed E-state index contributed by atoms with van der Waals surface area (Å²) in [7, 11) is 0. The lowest BCUT2D eigenvalue weighted by atomic mass is 9.98. The van der Waals surface area contributed by atoms with E-state index in [1.54, 1.807) is 11.8 Å². The van der Waals surface area contributed by atoms with E-state index >= 15 is 0 Å². The molecular formula is C15H21N5S. The molecule has 0 aliphatic rings. The van der Waals surface area contributed by atoms with Crippen molar-refractivity contribution in [3.05, 3.63) is 24.4 Å². The zero-order valence-corrected chi connectivity index (χ0v) is 13.4. The number of fused-ring (bicyclic) bond motifs is 1. The number of nitrogens with zero attached hydrogens (tertiary/aromatic N) is 4. The van der Waals surface area contributed by atoms with Crippen LogP contribution in [0.1, 0.15) is 33.1 Å². The van der Waals surface area contributed by atoms with Crippen molar-refractivity contribution in [2.24, 2.45) is 0 Å². The third-order valence-corrected chi connectivity index (χ3v) is 4.38. The van der Waals surface area contributed by atoms with Crippen LogP contribution < -0.4 is 5.32 Å². The summed E-state index contributed by atoms with van der Waals surface area (Å²) in [5, 5.41) is 21.8. The summed E-state index contributed by atoms with van der Waals surface area (Å²) in [6.45, 7) is 4.96. The second-order valence-corrected chi connectivity index (χ2v) is 6.30. The highest BCUT2D eigenvalue weighted by Gasteiger charge is 2.21. The molecule has 21 heavy (non-hydrogen) atoms. The Balaban J connectivity index is 1.83. The van der Waals surface area contributed by atoms with E-state index in [9.17, 15) is 5.26 Å². The van der Waals surface area contributed by atoms with Gasteiger partial charge in [0.25, 0.3) is 0 Å². The summed E-state index contributed by atoms with van der Waals surface area (Å²) in [6.07, 6.45) is 4.82. The van der Waals surface area contributed by atoms with Gasteiger partial charge in [0.1, 0.15) is 5.54 Å². The van der Waals surface area contributed by atoms with Crippen molar-refractivity contribution in [3.8, 4) is 6.07 Å². The fourth-order valence-corrected chi connectivity index (χ4v) is 2.96. The lowest BCUT2D eigenvalue weighted by molar-refractivity contribution is 0.415. The highest BCUT2D eigenvalue weighted by molar-refractivity contribution is 7.99. The molecule has 0 saturated carbocycles. The van der Waals surface area contributed by atoms with Crippen molar-refractivity contribution in [3.63, 3.8) is 0 Å². The number of aromatic nitrogens is 3. The molecule has 2 aromatic heterocycles. The Hall–Kier alpha value is -1.58. The van der Waals surface area contributed by atoms with Gasteiger partial charge in [-0.25, -0.2) is 0 Å². The Kier molecular flexibility index (Phi) is 5.59. The van der Waals surface area contributed by atoms with Gasteiger partial charge in [-0.3, -0.25) is 9.72 Å². The molecule has 0 aliphatic carbocycles. The van der Waals surface area contributed by atoms with Gasteiger partial charge in [0.15, 0.2) is 10.8 Å². The second-order valence-electron chi connectivity index (χ2n) is 5.23. The van der Waals surface area contributed by atoms with Gasteiger partial charge in [-0.2, -0.15) is 5.26 Å². The average Bonchev–Trinajstić information content (AvgIpc) is 2.93. The monoisotopic (exact) mass is 303 g/mol. The molecule has 1 N–H and O–H groups in total. The summed E-state index contributed by atoms with van der Waals surface area (Å²) < 4.78 is 1.99. The third-order valence-electron chi connectivity index (χ3n) is 3.35. The molecule has 1 atom stereocenters. The zero-order chi connectivity index (χ0) is 15.1. The highest BCUT2D eigenvalue weighted by Crippen LogP contribution is 2.20. The number of rotatable bonds is 8. The number of thioether (sulfide) groups is 1. The first-order valence-corrected chi connectivity index (χ1v) is 8.26. The van der Waals surface area contributed by atoms with E-state index in [2.05, 4.69) is 28.5 Å². The molecule has 0 fully saturated rings. The Morgan fingerprint density at radius 3 is 3.05 bits per heavy atom. The number of pyridine rings is 1. The quantitative estimate of drug-likeness (QED) is 0.600. The van der Waals surface area contributed by atoms with Crippen LogP contribution in [0.5, 0.6) is 0 Å². The van der Waals surface area contributed by atoms with Gasteiger partial charge >= 0.3 is 0 Å². The fourth-order valence-electron chi connectivity index (χ4n) is 2.09. The normalized spacial score (nSPS) is 14.0. The van der Waals surface area contributed by atoms with E-state index < -0.39 is 5.54 Å². The van der Waals surface area contributed by atoms with E-state index in [-0.39, 0.29) is 0 Å². The summed E-state index contributed by atoms with van der Waals surface area (Å²) in [4.78, 5) is 0. The van der Waals surface area contributed by atoms with E-state index in [0.717, 1.165) is 42.4 Å². The van der Waals surface area contributed by atoms with Crippen molar-refractivity contribution in [1.82, 2.24) is 19.9 Å². The van der Waals surface area contributed by atoms with Crippen LogP contribution >= 0.6 is 11.8 Å². The molecule has 2 rings (SSSR count). The topological polar surface area (TPSA) is 66.0 Å². The Morgan fingerprint density at radius 1 is 1.43 bits per heavy atom. The lowest BCUT2D eigenvalue weighted by Gasteiger charge is -2.22. The maximum atomic E-state index is 9.29. The molecule has 2 heterocycles. The molecule has 0 radical (unpaired) electrons. The molecule has 0 bridgehead atoms. The van der Waals surface area contributed by atoms with E-state index in [1.807, 2.05) is 35.7 Å². The minimum absolute atomic E-state index is 0.427. The first-order chi connectivity index (χ1) is 10.2. The summed E-state index contributed by atoms with van der Waals surface area (Å²) in [6, 6.07) is 8.25. The molecule has 112 valence electrons. The first-order valence-electron chi connectivity index (χ1n) is 7.27. The molecule has 0 aromatic carbocycles. The smallest absolute Gasteiger partial charge is 0.195 e. The van der Waals surface area contributed by atoms with Crippen LogP contribution in [0, 0.1) is 11.3 Å². The van der Waals surface area contributed by atoms with Gasteiger partial charge in [-0.05, 0) is 44.9 Å². The van der Waals surface area contributed by atoms with Gasteiger partial charge in [0, 0.05) is 11.9 Å². The molecule has 0 aliphatic heterocycles. The van der Waals surface area contributed by atoms with Gasteiger partial charge in [-0.1, -0.05) is 24.8 Å². The van der Waals surface area contributed by atoms with Gasteiger partial charge < -0.3 is 0 Å². The van der Waals surface area contributed by atoms with Crippen LogP contribution in [0.15, 0.2) is 29.6 Å². The standard InChI is InChI=1S/C15H21N5S/c1-3-9-17-15(2,12-16)8-6-11-21-14-19-18-13-7-4-5-10-20(13)14/h4-5,7,10,17H,3,6,8-9,11H2,1-2H3. The van der Waals surface area contributed by atoms with E-state index in [0.29, 0.717) is 0 Å². The minimum Gasteiger partial charge on any atom is -0.300 e. The molecule has 6 heteroatoms. The van der Waals surface area contributed by atoms with Crippen LogP contribution in [0.3, 0.4) is 0 Å². The van der Waals surface area contributed by atoms with E-state index in [4.69, 9.17) is 0 Å². The van der Waals surface area contributed by atoms with Gasteiger partial charge in [-0.15, -0.1) is 10.2 Å². The number of nitrogens with one attached hydrogen (secondary N) is 1. The average molecular weight is 303 g/mol.